The molecule has 16 heavy (non-hydrogen) atoms. The summed E-state index contributed by atoms with van der Waals surface area (Å²) in [4.78, 5) is 0. The Morgan fingerprint density at radius 1 is 1.44 bits per heavy atom. The third-order valence-corrected chi connectivity index (χ3v) is 3.17. The fraction of sp³-hybridized carbons (Fsp3) is 0.333. The number of aryl methyl sites for hydroxylation is 1. The summed E-state index contributed by atoms with van der Waals surface area (Å²) in [6.45, 7) is 2.09. The average Bonchev–Trinajstić information content (AvgIpc) is 3.02. The van der Waals surface area contributed by atoms with Crippen molar-refractivity contribution in [1.29, 1.82) is 0 Å². The molecule has 1 saturated carbocycles. The van der Waals surface area contributed by atoms with E-state index in [1.807, 2.05) is 0 Å². The lowest BCUT2D eigenvalue weighted by molar-refractivity contribution is 0.868. The van der Waals surface area contributed by atoms with Gasteiger partial charge in [-0.25, -0.2) is 0 Å². The lowest BCUT2D eigenvalue weighted by Gasteiger charge is -2.06. The van der Waals surface area contributed by atoms with E-state index in [0.717, 1.165) is 11.5 Å². The van der Waals surface area contributed by atoms with Crippen LogP contribution in [-0.4, -0.2) is 14.8 Å². The maximum Gasteiger partial charge on any atom is 0.199 e. The number of benzene rings is 1. The van der Waals surface area contributed by atoms with Gasteiger partial charge in [-0.2, -0.15) is 5.10 Å². The van der Waals surface area contributed by atoms with Gasteiger partial charge in [0.2, 0.25) is 0 Å². The van der Waals surface area contributed by atoms with E-state index in [0.29, 0.717) is 10.7 Å². The molecule has 0 amide bonds. The second-order valence-electron chi connectivity index (χ2n) is 4.34. The van der Waals surface area contributed by atoms with E-state index >= 15 is 0 Å². The molecule has 3 nitrogen and oxygen atoms in total. The zero-order valence-corrected chi connectivity index (χ0v) is 9.92. The largest absolute Gasteiger partial charge is 0.272 e. The minimum Gasteiger partial charge on any atom is -0.272 e. The Balaban J connectivity index is 2.18. The van der Waals surface area contributed by atoms with Gasteiger partial charge in [0.05, 0.1) is 0 Å². The SMILES string of the molecule is Cc1cccc(-n2c(C3CC3)n[nH]c2=S)c1. The average molecular weight is 231 g/mol. The van der Waals surface area contributed by atoms with Crippen LogP contribution in [0.2, 0.25) is 0 Å². The molecule has 0 aliphatic heterocycles. The highest BCUT2D eigenvalue weighted by molar-refractivity contribution is 7.71. The van der Waals surface area contributed by atoms with Gasteiger partial charge in [0.25, 0.3) is 0 Å². The highest BCUT2D eigenvalue weighted by atomic mass is 32.1. The summed E-state index contributed by atoms with van der Waals surface area (Å²) < 4.78 is 2.74. The van der Waals surface area contributed by atoms with E-state index in [-0.39, 0.29) is 0 Å². The van der Waals surface area contributed by atoms with Gasteiger partial charge < -0.3 is 0 Å². The Kier molecular flexibility index (Phi) is 2.17. The quantitative estimate of drug-likeness (QED) is 0.806. The molecule has 1 heterocycles. The number of aromatic amines is 1. The van der Waals surface area contributed by atoms with Gasteiger partial charge >= 0.3 is 0 Å². The lowest BCUT2D eigenvalue weighted by atomic mass is 10.2. The molecule has 0 unspecified atom stereocenters. The number of H-pyrrole nitrogens is 1. The molecule has 1 fully saturated rings. The Hall–Kier alpha value is -1.42. The summed E-state index contributed by atoms with van der Waals surface area (Å²) >= 11 is 5.29. The first-order chi connectivity index (χ1) is 7.75. The van der Waals surface area contributed by atoms with E-state index in [4.69, 9.17) is 12.2 Å². The van der Waals surface area contributed by atoms with Crippen molar-refractivity contribution < 1.29 is 0 Å². The Morgan fingerprint density at radius 2 is 2.25 bits per heavy atom. The molecule has 82 valence electrons. The van der Waals surface area contributed by atoms with Gasteiger partial charge in [-0.15, -0.1) is 0 Å². The standard InChI is InChI=1S/C12H13N3S/c1-8-3-2-4-10(7-8)15-11(9-5-6-9)13-14-12(15)16/h2-4,7,9H,5-6H2,1H3,(H,14,16). The van der Waals surface area contributed by atoms with Gasteiger partial charge in [0, 0.05) is 11.6 Å². The number of nitrogens with zero attached hydrogens (tertiary/aromatic N) is 2. The number of nitrogens with one attached hydrogen (secondary N) is 1. The predicted molar refractivity (Wildman–Crippen MR) is 65.5 cm³/mol. The summed E-state index contributed by atoms with van der Waals surface area (Å²) in [6, 6.07) is 8.35. The molecule has 2 aromatic rings. The molecular weight excluding hydrogens is 218 g/mol. The minimum atomic E-state index is 0.591. The number of hydrogen-bond acceptors (Lipinski definition) is 2. The van der Waals surface area contributed by atoms with Crippen molar-refractivity contribution in [2.75, 3.05) is 0 Å². The second-order valence-corrected chi connectivity index (χ2v) is 4.72. The summed E-state index contributed by atoms with van der Waals surface area (Å²) in [5, 5.41) is 7.22. The van der Waals surface area contributed by atoms with Gasteiger partial charge in [0.15, 0.2) is 4.77 Å². The molecular formula is C12H13N3S. The molecule has 0 spiro atoms. The minimum absolute atomic E-state index is 0.591. The van der Waals surface area contributed by atoms with Gasteiger partial charge in [0.1, 0.15) is 5.82 Å². The van der Waals surface area contributed by atoms with E-state index in [1.54, 1.807) is 0 Å². The highest BCUT2D eigenvalue weighted by Gasteiger charge is 2.29. The van der Waals surface area contributed by atoms with Crippen LogP contribution in [0.5, 0.6) is 0 Å². The Bertz CT molecular complexity index is 578. The van der Waals surface area contributed by atoms with Gasteiger partial charge in [-0.3, -0.25) is 9.67 Å². The molecule has 1 aromatic heterocycles. The van der Waals surface area contributed by atoms with Crippen LogP contribution >= 0.6 is 12.2 Å². The van der Waals surface area contributed by atoms with Crippen LogP contribution < -0.4 is 0 Å². The molecule has 0 bridgehead atoms. The van der Waals surface area contributed by atoms with E-state index < -0.39 is 0 Å². The zero-order chi connectivity index (χ0) is 11.1. The molecule has 1 aliphatic rings. The summed E-state index contributed by atoms with van der Waals surface area (Å²) in [7, 11) is 0. The normalized spacial score (nSPS) is 15.3. The molecule has 0 saturated heterocycles. The van der Waals surface area contributed by atoms with Crippen LogP contribution in [0, 0.1) is 11.7 Å². The van der Waals surface area contributed by atoms with Crippen molar-refractivity contribution in [3.8, 4) is 5.69 Å². The van der Waals surface area contributed by atoms with Crippen LogP contribution in [0.15, 0.2) is 24.3 Å². The third kappa shape index (κ3) is 1.59. The molecule has 1 aliphatic carbocycles. The molecule has 1 N–H and O–H groups in total. The Labute approximate surface area is 99.1 Å². The Morgan fingerprint density at radius 3 is 2.94 bits per heavy atom. The molecule has 0 radical (unpaired) electrons. The van der Waals surface area contributed by atoms with Gasteiger partial charge in [-0.1, -0.05) is 12.1 Å². The second kappa shape index (κ2) is 3.56. The fourth-order valence-corrected chi connectivity index (χ4v) is 2.19. The van der Waals surface area contributed by atoms with Crippen molar-refractivity contribution in [3.05, 3.63) is 40.4 Å². The zero-order valence-electron chi connectivity index (χ0n) is 9.10. The maximum absolute atomic E-state index is 5.29. The molecule has 0 atom stereocenters. The summed E-state index contributed by atoms with van der Waals surface area (Å²) in [5.74, 6) is 1.67. The summed E-state index contributed by atoms with van der Waals surface area (Å²) in [5.41, 5.74) is 2.35. The highest BCUT2D eigenvalue weighted by Crippen LogP contribution is 2.39. The van der Waals surface area contributed by atoms with E-state index in [9.17, 15) is 0 Å². The predicted octanol–water partition coefficient (Wildman–Crippen LogP) is 3.12. The van der Waals surface area contributed by atoms with Crippen LogP contribution in [-0.2, 0) is 0 Å². The maximum atomic E-state index is 5.29. The van der Waals surface area contributed by atoms with Crippen molar-refractivity contribution in [1.82, 2.24) is 14.8 Å². The smallest absolute Gasteiger partial charge is 0.199 e. The van der Waals surface area contributed by atoms with Gasteiger partial charge in [-0.05, 0) is 49.7 Å². The van der Waals surface area contributed by atoms with Crippen LogP contribution in [0.25, 0.3) is 5.69 Å². The molecule has 1 aromatic carbocycles. The first-order valence-corrected chi connectivity index (χ1v) is 5.91. The summed E-state index contributed by atoms with van der Waals surface area (Å²) in [6.07, 6.45) is 2.46. The molecule has 4 heteroatoms. The van der Waals surface area contributed by atoms with Crippen LogP contribution in [0.3, 0.4) is 0 Å². The topological polar surface area (TPSA) is 33.6 Å². The number of rotatable bonds is 2. The number of aromatic nitrogens is 3. The van der Waals surface area contributed by atoms with Crippen LogP contribution in [0.1, 0.15) is 30.1 Å². The van der Waals surface area contributed by atoms with E-state index in [2.05, 4.69) is 46.0 Å². The lowest BCUT2D eigenvalue weighted by Crippen LogP contribution is -2.00. The fourth-order valence-electron chi connectivity index (χ4n) is 1.94. The van der Waals surface area contributed by atoms with Crippen LogP contribution in [0.4, 0.5) is 0 Å². The van der Waals surface area contributed by atoms with Crippen molar-refractivity contribution in [3.63, 3.8) is 0 Å². The van der Waals surface area contributed by atoms with Crippen molar-refractivity contribution >= 4 is 12.2 Å². The van der Waals surface area contributed by atoms with E-state index in [1.165, 1.54) is 18.4 Å². The monoisotopic (exact) mass is 231 g/mol. The first-order valence-electron chi connectivity index (χ1n) is 5.50. The molecule has 3 rings (SSSR count). The number of hydrogen-bond donors (Lipinski definition) is 1. The third-order valence-electron chi connectivity index (χ3n) is 2.90. The van der Waals surface area contributed by atoms with Crippen molar-refractivity contribution in [2.45, 2.75) is 25.7 Å². The van der Waals surface area contributed by atoms with Crippen molar-refractivity contribution in [2.24, 2.45) is 0 Å². The first kappa shape index (κ1) is 9.78.